The van der Waals surface area contributed by atoms with E-state index in [2.05, 4.69) is 26.7 Å². The van der Waals surface area contributed by atoms with Crippen LogP contribution in [0.3, 0.4) is 0 Å². The normalized spacial score (nSPS) is 27.7. The molecule has 104 valence electrons. The highest BCUT2D eigenvalue weighted by molar-refractivity contribution is 5.49. The maximum atomic E-state index is 13.5. The second-order valence-corrected chi connectivity index (χ2v) is 5.73. The number of aromatic nitrogens is 2. The summed E-state index contributed by atoms with van der Waals surface area (Å²) in [5.41, 5.74) is 2.19. The van der Waals surface area contributed by atoms with Crippen LogP contribution in [0.4, 0.5) is 10.2 Å². The van der Waals surface area contributed by atoms with Gasteiger partial charge in [0.1, 0.15) is 17.8 Å². The van der Waals surface area contributed by atoms with E-state index in [1.165, 1.54) is 0 Å². The van der Waals surface area contributed by atoms with Gasteiger partial charge in [-0.1, -0.05) is 0 Å². The van der Waals surface area contributed by atoms with E-state index in [0.717, 1.165) is 42.5 Å². The molecule has 2 aliphatic rings. The Hall–Kier alpha value is -1.23. The van der Waals surface area contributed by atoms with Gasteiger partial charge in [0.15, 0.2) is 0 Å². The van der Waals surface area contributed by atoms with Gasteiger partial charge in [0.25, 0.3) is 0 Å². The Labute approximate surface area is 113 Å². The van der Waals surface area contributed by atoms with Crippen LogP contribution in [-0.4, -0.2) is 53.3 Å². The van der Waals surface area contributed by atoms with Crippen molar-refractivity contribution in [3.05, 3.63) is 17.1 Å². The number of fused-ring (bicyclic) bond motifs is 1. The van der Waals surface area contributed by atoms with Crippen molar-refractivity contribution in [3.8, 4) is 0 Å². The van der Waals surface area contributed by atoms with Gasteiger partial charge in [-0.15, -0.1) is 0 Å². The lowest BCUT2D eigenvalue weighted by Crippen LogP contribution is -2.50. The second-order valence-electron chi connectivity index (χ2n) is 5.73. The average Bonchev–Trinajstić information content (AvgIpc) is 2.72. The summed E-state index contributed by atoms with van der Waals surface area (Å²) < 4.78 is 13.5. The molecule has 0 bridgehead atoms. The molecule has 1 aromatic heterocycles. The van der Waals surface area contributed by atoms with Crippen LogP contribution in [0, 0.1) is 20.8 Å². The lowest BCUT2D eigenvalue weighted by molar-refractivity contribution is 0.223. The van der Waals surface area contributed by atoms with Gasteiger partial charge in [-0.3, -0.25) is 4.90 Å². The SMILES string of the molecule is Cc1nc(C)c(C)c(N2CCN3C[C@@H](F)C[C@H]3C2)n1. The van der Waals surface area contributed by atoms with Gasteiger partial charge in [0.2, 0.25) is 0 Å². The monoisotopic (exact) mass is 264 g/mol. The van der Waals surface area contributed by atoms with Crippen LogP contribution in [0.2, 0.25) is 0 Å². The lowest BCUT2D eigenvalue weighted by Gasteiger charge is -2.38. The first-order valence-corrected chi connectivity index (χ1v) is 6.99. The molecule has 2 saturated heterocycles. The maximum Gasteiger partial charge on any atom is 0.135 e. The smallest absolute Gasteiger partial charge is 0.135 e. The molecule has 3 rings (SSSR count). The van der Waals surface area contributed by atoms with Crippen molar-refractivity contribution >= 4 is 5.82 Å². The van der Waals surface area contributed by atoms with Gasteiger partial charge in [-0.2, -0.15) is 0 Å². The highest BCUT2D eigenvalue weighted by Gasteiger charge is 2.36. The van der Waals surface area contributed by atoms with E-state index in [-0.39, 0.29) is 0 Å². The molecule has 0 radical (unpaired) electrons. The fourth-order valence-electron chi connectivity index (χ4n) is 3.23. The van der Waals surface area contributed by atoms with Gasteiger partial charge in [-0.05, 0) is 27.2 Å². The van der Waals surface area contributed by atoms with E-state index in [1.807, 2.05) is 13.8 Å². The molecule has 2 aliphatic heterocycles. The Bertz CT molecular complexity index is 491. The summed E-state index contributed by atoms with van der Waals surface area (Å²) in [6.07, 6.45) is 0.0124. The van der Waals surface area contributed by atoms with Crippen molar-refractivity contribution in [1.29, 1.82) is 0 Å². The van der Waals surface area contributed by atoms with Crippen molar-refractivity contribution in [1.82, 2.24) is 14.9 Å². The van der Waals surface area contributed by atoms with Crippen molar-refractivity contribution < 1.29 is 4.39 Å². The number of piperazine rings is 1. The highest BCUT2D eigenvalue weighted by Crippen LogP contribution is 2.28. The zero-order chi connectivity index (χ0) is 13.6. The average molecular weight is 264 g/mol. The van der Waals surface area contributed by atoms with E-state index in [0.29, 0.717) is 19.0 Å². The third kappa shape index (κ3) is 2.31. The van der Waals surface area contributed by atoms with E-state index in [9.17, 15) is 4.39 Å². The number of nitrogens with zero attached hydrogens (tertiary/aromatic N) is 4. The minimum Gasteiger partial charge on any atom is -0.353 e. The van der Waals surface area contributed by atoms with E-state index in [1.54, 1.807) is 0 Å². The first-order valence-electron chi connectivity index (χ1n) is 6.99. The molecule has 1 aromatic rings. The quantitative estimate of drug-likeness (QED) is 0.772. The van der Waals surface area contributed by atoms with Gasteiger partial charge in [-0.25, -0.2) is 14.4 Å². The maximum absolute atomic E-state index is 13.5. The van der Waals surface area contributed by atoms with Crippen molar-refractivity contribution in [2.45, 2.75) is 39.4 Å². The molecule has 2 fully saturated rings. The molecule has 0 N–H and O–H groups in total. The molecule has 3 heterocycles. The molecular formula is C14H21FN4. The van der Waals surface area contributed by atoms with Crippen LogP contribution in [0.5, 0.6) is 0 Å². The molecule has 0 saturated carbocycles. The number of halogens is 1. The van der Waals surface area contributed by atoms with E-state index >= 15 is 0 Å². The molecule has 0 amide bonds. The van der Waals surface area contributed by atoms with Crippen LogP contribution >= 0.6 is 0 Å². The van der Waals surface area contributed by atoms with Gasteiger partial charge < -0.3 is 4.90 Å². The number of anilines is 1. The fourth-order valence-corrected chi connectivity index (χ4v) is 3.23. The number of aryl methyl sites for hydroxylation is 2. The molecular weight excluding hydrogens is 243 g/mol. The highest BCUT2D eigenvalue weighted by atomic mass is 19.1. The summed E-state index contributed by atoms with van der Waals surface area (Å²) in [6, 6.07) is 0.346. The Morgan fingerprint density at radius 2 is 1.89 bits per heavy atom. The number of rotatable bonds is 1. The third-order valence-electron chi connectivity index (χ3n) is 4.34. The predicted octanol–water partition coefficient (Wildman–Crippen LogP) is 1.63. The van der Waals surface area contributed by atoms with Crippen LogP contribution in [0.15, 0.2) is 0 Å². The summed E-state index contributed by atoms with van der Waals surface area (Å²) in [5.74, 6) is 1.85. The van der Waals surface area contributed by atoms with Crippen LogP contribution in [0.25, 0.3) is 0 Å². The number of hydrogen-bond acceptors (Lipinski definition) is 4. The topological polar surface area (TPSA) is 32.3 Å². The summed E-state index contributed by atoms with van der Waals surface area (Å²) in [6.45, 7) is 9.39. The van der Waals surface area contributed by atoms with Gasteiger partial charge in [0.05, 0.1) is 0 Å². The third-order valence-corrected chi connectivity index (χ3v) is 4.34. The van der Waals surface area contributed by atoms with Crippen LogP contribution < -0.4 is 4.90 Å². The Morgan fingerprint density at radius 1 is 1.11 bits per heavy atom. The lowest BCUT2D eigenvalue weighted by atomic mass is 10.1. The van der Waals surface area contributed by atoms with Crippen molar-refractivity contribution in [2.75, 3.05) is 31.1 Å². The zero-order valence-electron chi connectivity index (χ0n) is 11.9. The Balaban J connectivity index is 1.84. The van der Waals surface area contributed by atoms with Crippen molar-refractivity contribution in [2.24, 2.45) is 0 Å². The summed E-state index contributed by atoms with van der Waals surface area (Å²) in [5, 5.41) is 0. The molecule has 0 spiro atoms. The van der Waals surface area contributed by atoms with Gasteiger partial charge >= 0.3 is 0 Å². The zero-order valence-corrected chi connectivity index (χ0v) is 11.9. The molecule has 0 aromatic carbocycles. The standard InChI is InChI=1S/C14H21FN4/c1-9-10(2)16-11(3)17-14(9)19-5-4-18-7-12(15)6-13(18)8-19/h12-13H,4-8H2,1-3H3/t12-,13-/m0/s1. The van der Waals surface area contributed by atoms with Gasteiger partial charge in [0, 0.05) is 43.5 Å². The molecule has 0 unspecified atom stereocenters. The number of hydrogen-bond donors (Lipinski definition) is 0. The first kappa shape index (κ1) is 12.8. The van der Waals surface area contributed by atoms with Crippen molar-refractivity contribution in [3.63, 3.8) is 0 Å². The minimum absolute atomic E-state index is 0.346. The summed E-state index contributed by atoms with van der Waals surface area (Å²) in [4.78, 5) is 13.6. The van der Waals surface area contributed by atoms with E-state index in [4.69, 9.17) is 0 Å². The Morgan fingerprint density at radius 3 is 2.68 bits per heavy atom. The van der Waals surface area contributed by atoms with E-state index < -0.39 is 6.17 Å². The summed E-state index contributed by atoms with van der Waals surface area (Å²) >= 11 is 0. The van der Waals surface area contributed by atoms with Crippen LogP contribution in [0.1, 0.15) is 23.5 Å². The Kier molecular flexibility index (Phi) is 3.17. The molecule has 19 heavy (non-hydrogen) atoms. The molecule has 0 aliphatic carbocycles. The molecule has 5 heteroatoms. The summed E-state index contributed by atoms with van der Waals surface area (Å²) in [7, 11) is 0. The number of alkyl halides is 1. The largest absolute Gasteiger partial charge is 0.353 e. The second kappa shape index (κ2) is 4.71. The van der Waals surface area contributed by atoms with Crippen LogP contribution in [-0.2, 0) is 0 Å². The fraction of sp³-hybridized carbons (Fsp3) is 0.714. The molecule has 2 atom stereocenters. The minimum atomic E-state index is -0.653. The predicted molar refractivity (Wildman–Crippen MR) is 73.3 cm³/mol. The first-order chi connectivity index (χ1) is 9.04. The molecule has 4 nitrogen and oxygen atoms in total.